The maximum atomic E-state index is 11.5. The van der Waals surface area contributed by atoms with Crippen molar-refractivity contribution in [2.45, 2.75) is 32.4 Å². The predicted molar refractivity (Wildman–Crippen MR) is 117 cm³/mol. The number of carbonyl (C=O) groups is 1. The van der Waals surface area contributed by atoms with Gasteiger partial charge in [-0.15, -0.1) is 0 Å². The number of likely N-dealkylation sites (tertiary alicyclic amines) is 1. The van der Waals surface area contributed by atoms with E-state index < -0.39 is 0 Å². The molecule has 4 rings (SSSR count). The van der Waals surface area contributed by atoms with Crippen LogP contribution in [0.2, 0.25) is 0 Å². The third-order valence-electron chi connectivity index (χ3n) is 5.28. The molecular weight excluding hydrogens is 380 g/mol. The lowest BCUT2D eigenvalue weighted by atomic mass is 10.0. The first-order chi connectivity index (χ1) is 14.7. The van der Waals surface area contributed by atoms with E-state index in [1.807, 2.05) is 24.4 Å². The number of anilines is 1. The number of hydrogen-bond acceptors (Lipinski definition) is 6. The molecule has 0 bridgehead atoms. The second kappa shape index (κ2) is 9.63. The average molecular weight is 409 g/mol. The number of benzene rings is 2. The number of carbonyl (C=O) groups excluding carboxylic acids is 1. The minimum absolute atomic E-state index is 0.0615. The van der Waals surface area contributed by atoms with Gasteiger partial charge in [-0.2, -0.15) is 5.10 Å². The zero-order valence-electron chi connectivity index (χ0n) is 17.3. The molecule has 0 amide bonds. The van der Waals surface area contributed by atoms with E-state index in [0.717, 1.165) is 49.1 Å². The lowest BCUT2D eigenvalue weighted by molar-refractivity contribution is -0.145. The minimum atomic E-state index is -0.346. The molecule has 0 radical (unpaired) electrons. The van der Waals surface area contributed by atoms with E-state index in [9.17, 15) is 4.79 Å². The highest BCUT2D eigenvalue weighted by molar-refractivity contribution is 5.81. The average Bonchev–Trinajstić information content (AvgIpc) is 3.21. The number of esters is 1. The monoisotopic (exact) mass is 408 g/mol. The summed E-state index contributed by atoms with van der Waals surface area (Å²) in [4.78, 5) is 14.0. The number of aromatic amines is 1. The summed E-state index contributed by atoms with van der Waals surface area (Å²) in [6, 6.07) is 14.7. The molecule has 7 heteroatoms. The summed E-state index contributed by atoms with van der Waals surface area (Å²) in [5.41, 5.74) is 3.36. The van der Waals surface area contributed by atoms with E-state index >= 15 is 0 Å². The van der Waals surface area contributed by atoms with Crippen molar-refractivity contribution in [2.24, 2.45) is 0 Å². The number of nitrogens with zero attached hydrogens (tertiary/aromatic N) is 2. The molecule has 3 aromatic rings. The molecule has 2 N–H and O–H groups in total. The summed E-state index contributed by atoms with van der Waals surface area (Å²) in [7, 11) is 0. The van der Waals surface area contributed by atoms with Gasteiger partial charge in [0.2, 0.25) is 0 Å². The molecule has 2 heterocycles. The largest absolute Gasteiger partial charge is 0.482 e. The van der Waals surface area contributed by atoms with Crippen LogP contribution in [0.1, 0.15) is 25.3 Å². The fourth-order valence-electron chi connectivity index (χ4n) is 3.92. The van der Waals surface area contributed by atoms with Gasteiger partial charge >= 0.3 is 5.97 Å². The van der Waals surface area contributed by atoms with Gasteiger partial charge in [-0.3, -0.25) is 10.00 Å². The highest BCUT2D eigenvalue weighted by Gasteiger charge is 2.20. The standard InChI is InChI=1S/C23H28N4O3/c1-2-29-23(28)16-30-21-7-3-5-17(11-21)14-27-10-4-6-20(15-27)25-19-8-9-22-18(12-19)13-24-26-22/h3,5,7-9,11-13,20,25H,2,4,6,10,14-16H2,1H3,(H,24,26). The van der Waals surface area contributed by atoms with Gasteiger partial charge in [0.15, 0.2) is 6.61 Å². The van der Waals surface area contributed by atoms with Crippen LogP contribution in [0.5, 0.6) is 5.75 Å². The molecule has 1 fully saturated rings. The lowest BCUT2D eigenvalue weighted by Crippen LogP contribution is -2.41. The summed E-state index contributed by atoms with van der Waals surface area (Å²) >= 11 is 0. The lowest BCUT2D eigenvalue weighted by Gasteiger charge is -2.33. The summed E-state index contributed by atoms with van der Waals surface area (Å²) in [6.07, 6.45) is 4.16. The molecule has 0 spiro atoms. The quantitative estimate of drug-likeness (QED) is 0.555. The molecule has 1 atom stereocenters. The van der Waals surface area contributed by atoms with E-state index in [4.69, 9.17) is 9.47 Å². The fourth-order valence-corrected chi connectivity index (χ4v) is 3.92. The maximum absolute atomic E-state index is 11.5. The van der Waals surface area contributed by atoms with Crippen molar-refractivity contribution in [1.82, 2.24) is 15.1 Å². The molecule has 0 aliphatic carbocycles. The Kier molecular flexibility index (Phi) is 6.49. The number of nitrogens with one attached hydrogen (secondary N) is 2. The van der Waals surface area contributed by atoms with Crippen LogP contribution in [0.25, 0.3) is 10.9 Å². The van der Waals surface area contributed by atoms with E-state index in [-0.39, 0.29) is 12.6 Å². The van der Waals surface area contributed by atoms with E-state index in [1.165, 1.54) is 5.56 Å². The van der Waals surface area contributed by atoms with Crippen LogP contribution < -0.4 is 10.1 Å². The molecule has 1 saturated heterocycles. The fraction of sp³-hybridized carbons (Fsp3) is 0.391. The smallest absolute Gasteiger partial charge is 0.344 e. The Balaban J connectivity index is 1.32. The molecule has 30 heavy (non-hydrogen) atoms. The predicted octanol–water partition coefficient (Wildman–Crippen LogP) is 3.58. The summed E-state index contributed by atoms with van der Waals surface area (Å²) in [6.45, 7) is 5.01. The van der Waals surface area contributed by atoms with Gasteiger partial charge in [-0.1, -0.05) is 12.1 Å². The van der Waals surface area contributed by atoms with Crippen molar-refractivity contribution in [3.05, 3.63) is 54.2 Å². The second-order valence-corrected chi connectivity index (χ2v) is 7.63. The summed E-state index contributed by atoms with van der Waals surface area (Å²) in [5, 5.41) is 11.9. The van der Waals surface area contributed by atoms with E-state index in [2.05, 4.69) is 44.7 Å². The zero-order valence-corrected chi connectivity index (χ0v) is 17.3. The number of fused-ring (bicyclic) bond motifs is 1. The molecule has 1 aromatic heterocycles. The van der Waals surface area contributed by atoms with Crippen molar-refractivity contribution >= 4 is 22.6 Å². The molecule has 7 nitrogen and oxygen atoms in total. The van der Waals surface area contributed by atoms with Crippen molar-refractivity contribution in [1.29, 1.82) is 0 Å². The van der Waals surface area contributed by atoms with Crippen LogP contribution in [-0.4, -0.2) is 53.4 Å². The number of aromatic nitrogens is 2. The Bertz CT molecular complexity index is 987. The van der Waals surface area contributed by atoms with Crippen molar-refractivity contribution in [3.63, 3.8) is 0 Å². The first-order valence-electron chi connectivity index (χ1n) is 10.5. The van der Waals surface area contributed by atoms with Gasteiger partial charge in [0.05, 0.1) is 18.3 Å². The Labute approximate surface area is 176 Å². The first-order valence-corrected chi connectivity index (χ1v) is 10.5. The van der Waals surface area contributed by atoms with Crippen molar-refractivity contribution in [2.75, 3.05) is 31.6 Å². The van der Waals surface area contributed by atoms with Gasteiger partial charge in [0, 0.05) is 30.2 Å². The molecule has 0 saturated carbocycles. The molecular formula is C23H28N4O3. The van der Waals surface area contributed by atoms with Gasteiger partial charge < -0.3 is 14.8 Å². The molecule has 1 aliphatic heterocycles. The maximum Gasteiger partial charge on any atom is 0.344 e. The molecule has 1 unspecified atom stereocenters. The SMILES string of the molecule is CCOC(=O)COc1cccc(CN2CCCC(Nc3ccc4[nH]ncc4c3)C2)c1. The van der Waals surface area contributed by atoms with Crippen LogP contribution >= 0.6 is 0 Å². The van der Waals surface area contributed by atoms with Crippen LogP contribution in [0, 0.1) is 0 Å². The highest BCUT2D eigenvalue weighted by Crippen LogP contribution is 2.22. The normalized spacial score (nSPS) is 17.0. The van der Waals surface area contributed by atoms with E-state index in [1.54, 1.807) is 6.92 Å². The van der Waals surface area contributed by atoms with Crippen LogP contribution in [0.3, 0.4) is 0 Å². The number of piperidine rings is 1. The molecule has 1 aliphatic rings. The Morgan fingerprint density at radius 3 is 3.13 bits per heavy atom. The first kappa shape index (κ1) is 20.2. The zero-order chi connectivity index (χ0) is 20.8. The van der Waals surface area contributed by atoms with Crippen LogP contribution in [0.4, 0.5) is 5.69 Å². The van der Waals surface area contributed by atoms with Crippen molar-refractivity contribution in [3.8, 4) is 5.75 Å². The van der Waals surface area contributed by atoms with Crippen LogP contribution in [-0.2, 0) is 16.1 Å². The van der Waals surface area contributed by atoms with Gasteiger partial charge in [-0.25, -0.2) is 4.79 Å². The Morgan fingerprint density at radius 2 is 2.23 bits per heavy atom. The van der Waals surface area contributed by atoms with Gasteiger partial charge in [0.1, 0.15) is 5.75 Å². The Hall–Kier alpha value is -3.06. The minimum Gasteiger partial charge on any atom is -0.482 e. The van der Waals surface area contributed by atoms with Gasteiger partial charge in [-0.05, 0) is 62.2 Å². The second-order valence-electron chi connectivity index (χ2n) is 7.63. The van der Waals surface area contributed by atoms with Gasteiger partial charge in [0.25, 0.3) is 0 Å². The summed E-state index contributed by atoms with van der Waals surface area (Å²) in [5.74, 6) is 0.349. The van der Waals surface area contributed by atoms with E-state index in [0.29, 0.717) is 18.4 Å². The van der Waals surface area contributed by atoms with Crippen molar-refractivity contribution < 1.29 is 14.3 Å². The summed E-state index contributed by atoms with van der Waals surface area (Å²) < 4.78 is 10.5. The third-order valence-corrected chi connectivity index (χ3v) is 5.28. The topological polar surface area (TPSA) is 79.5 Å². The number of ether oxygens (including phenoxy) is 2. The highest BCUT2D eigenvalue weighted by atomic mass is 16.6. The molecule has 2 aromatic carbocycles. The Morgan fingerprint density at radius 1 is 1.30 bits per heavy atom. The number of rotatable bonds is 8. The number of hydrogen-bond donors (Lipinski definition) is 2. The van der Waals surface area contributed by atoms with Crippen LogP contribution in [0.15, 0.2) is 48.7 Å². The molecule has 158 valence electrons. The number of H-pyrrole nitrogens is 1. The third kappa shape index (κ3) is 5.30.